The molecule has 5 rings (SSSR count). The third-order valence-corrected chi connectivity index (χ3v) is 8.00. The predicted octanol–water partition coefficient (Wildman–Crippen LogP) is 4.17. The highest BCUT2D eigenvalue weighted by Crippen LogP contribution is 2.41. The quantitative estimate of drug-likeness (QED) is 0.745. The molecule has 1 saturated heterocycles. The minimum Gasteiger partial charge on any atom is -0.332 e. The minimum absolute atomic E-state index is 0.0203. The van der Waals surface area contributed by atoms with Crippen molar-refractivity contribution >= 4 is 5.91 Å². The molecule has 1 aromatic carbocycles. The topological polar surface area (TPSA) is 69.3 Å². The number of likely N-dealkylation sites (tertiary alicyclic amines) is 1. The number of H-pyrrole nitrogens is 1. The summed E-state index contributed by atoms with van der Waals surface area (Å²) in [5.74, 6) is 1.18. The number of nitrogens with one attached hydrogen (secondary N) is 1. The number of rotatable bonds is 5. The number of fused-ring (bicyclic) bond motifs is 1. The number of carbonyl (C=O) groups excluding carboxylic acids is 1. The van der Waals surface area contributed by atoms with Gasteiger partial charge >= 0.3 is 0 Å². The Morgan fingerprint density at radius 1 is 1.06 bits per heavy atom. The van der Waals surface area contributed by atoms with Crippen LogP contribution < -0.4 is 5.56 Å². The van der Waals surface area contributed by atoms with Crippen molar-refractivity contribution in [2.75, 3.05) is 13.1 Å². The van der Waals surface area contributed by atoms with Crippen molar-refractivity contribution in [2.24, 2.45) is 5.92 Å². The number of amides is 1. The van der Waals surface area contributed by atoms with E-state index in [0.717, 1.165) is 62.0 Å². The number of hydrogen-bond donors (Lipinski definition) is 1. The van der Waals surface area contributed by atoms with Crippen molar-refractivity contribution in [1.29, 1.82) is 0 Å². The van der Waals surface area contributed by atoms with Gasteiger partial charge in [0.25, 0.3) is 5.56 Å². The summed E-state index contributed by atoms with van der Waals surface area (Å²) in [7, 11) is 0. The molecule has 0 spiro atoms. The zero-order chi connectivity index (χ0) is 22.9. The molecule has 3 heterocycles. The zero-order valence-electron chi connectivity index (χ0n) is 19.9. The number of carbonyl (C=O) groups is 1. The van der Waals surface area contributed by atoms with E-state index in [2.05, 4.69) is 35.9 Å². The smallest absolute Gasteiger partial charge is 0.254 e. The maximum atomic E-state index is 14.0. The molecule has 33 heavy (non-hydrogen) atoms. The van der Waals surface area contributed by atoms with Crippen LogP contribution in [0.15, 0.2) is 35.1 Å². The molecule has 0 unspecified atom stereocenters. The van der Waals surface area contributed by atoms with Gasteiger partial charge in [-0.2, -0.15) is 0 Å². The van der Waals surface area contributed by atoms with E-state index in [4.69, 9.17) is 4.98 Å². The number of aromatic amines is 1. The van der Waals surface area contributed by atoms with E-state index in [1.807, 2.05) is 23.1 Å². The molecular weight excluding hydrogens is 412 g/mol. The van der Waals surface area contributed by atoms with Gasteiger partial charge < -0.3 is 9.88 Å². The summed E-state index contributed by atoms with van der Waals surface area (Å²) in [5, 5.41) is 0. The average molecular weight is 449 g/mol. The monoisotopic (exact) mass is 448 g/mol. The summed E-state index contributed by atoms with van der Waals surface area (Å²) >= 11 is 0. The second-order valence-corrected chi connectivity index (χ2v) is 10.3. The van der Waals surface area contributed by atoms with Gasteiger partial charge in [-0.15, -0.1) is 0 Å². The van der Waals surface area contributed by atoms with Crippen LogP contribution in [0.4, 0.5) is 0 Å². The van der Waals surface area contributed by atoms with Gasteiger partial charge in [-0.1, -0.05) is 43.2 Å². The van der Waals surface area contributed by atoms with Crippen LogP contribution in [0.3, 0.4) is 0 Å². The lowest BCUT2D eigenvalue weighted by Gasteiger charge is -2.33. The Morgan fingerprint density at radius 2 is 1.82 bits per heavy atom. The van der Waals surface area contributed by atoms with Gasteiger partial charge in [0, 0.05) is 31.2 Å². The van der Waals surface area contributed by atoms with Crippen molar-refractivity contribution in [3.63, 3.8) is 0 Å². The largest absolute Gasteiger partial charge is 0.332 e. The van der Waals surface area contributed by atoms with Gasteiger partial charge in [-0.25, -0.2) is 4.98 Å². The van der Waals surface area contributed by atoms with Crippen LogP contribution in [-0.4, -0.2) is 44.8 Å². The Labute approximate surface area is 196 Å². The first-order chi connectivity index (χ1) is 16.0. The fraction of sp³-hybridized carbons (Fsp3) is 0.593. The second-order valence-electron chi connectivity index (χ2n) is 10.3. The van der Waals surface area contributed by atoms with Crippen LogP contribution >= 0.6 is 0 Å². The van der Waals surface area contributed by atoms with E-state index in [0.29, 0.717) is 24.3 Å². The first kappa shape index (κ1) is 22.3. The lowest BCUT2D eigenvalue weighted by atomic mass is 9.83. The molecule has 2 aromatic rings. The predicted molar refractivity (Wildman–Crippen MR) is 129 cm³/mol. The van der Waals surface area contributed by atoms with E-state index in [-0.39, 0.29) is 23.4 Å². The second kappa shape index (κ2) is 9.41. The molecule has 176 valence electrons. The van der Waals surface area contributed by atoms with Crippen LogP contribution in [0.5, 0.6) is 0 Å². The summed E-state index contributed by atoms with van der Waals surface area (Å²) in [6.45, 7) is 6.70. The van der Waals surface area contributed by atoms with Crippen LogP contribution in [0.25, 0.3) is 0 Å². The molecular formula is C27H36N4O2. The van der Waals surface area contributed by atoms with Gasteiger partial charge in [0.15, 0.2) is 0 Å². The number of nitrogens with zero attached hydrogens (tertiary/aromatic N) is 3. The van der Waals surface area contributed by atoms with E-state index in [1.165, 1.54) is 12.8 Å². The van der Waals surface area contributed by atoms with Gasteiger partial charge in [0.1, 0.15) is 5.82 Å². The van der Waals surface area contributed by atoms with E-state index >= 15 is 0 Å². The molecule has 1 N–H and O–H groups in total. The highest BCUT2D eigenvalue weighted by molar-refractivity contribution is 5.84. The maximum absolute atomic E-state index is 14.0. The highest BCUT2D eigenvalue weighted by Gasteiger charge is 2.40. The third kappa shape index (κ3) is 4.37. The van der Waals surface area contributed by atoms with Crippen LogP contribution in [-0.2, 0) is 17.8 Å². The van der Waals surface area contributed by atoms with Gasteiger partial charge in [-0.05, 0) is 57.4 Å². The summed E-state index contributed by atoms with van der Waals surface area (Å²) in [6.07, 6.45) is 7.18. The van der Waals surface area contributed by atoms with Gasteiger partial charge in [-0.3, -0.25) is 14.5 Å². The highest BCUT2D eigenvalue weighted by atomic mass is 16.2. The van der Waals surface area contributed by atoms with Crippen molar-refractivity contribution in [3.05, 3.63) is 63.3 Å². The van der Waals surface area contributed by atoms with Crippen molar-refractivity contribution < 1.29 is 4.79 Å². The zero-order valence-corrected chi connectivity index (χ0v) is 19.9. The SMILES string of the molecule is CC(C)N1CCc2c(nc([C@@H]3CCCN3C(=O)[C@@H](c3ccccc3)C3CCCC3)[nH]c2=O)C1. The lowest BCUT2D eigenvalue weighted by Crippen LogP contribution is -2.41. The van der Waals surface area contributed by atoms with E-state index in [9.17, 15) is 9.59 Å². The number of hydrogen-bond acceptors (Lipinski definition) is 4. The molecule has 1 aliphatic carbocycles. The molecule has 1 amide bonds. The number of benzene rings is 1. The van der Waals surface area contributed by atoms with Crippen molar-refractivity contribution in [1.82, 2.24) is 19.8 Å². The van der Waals surface area contributed by atoms with E-state index in [1.54, 1.807) is 0 Å². The third-order valence-electron chi connectivity index (χ3n) is 8.00. The summed E-state index contributed by atoms with van der Waals surface area (Å²) < 4.78 is 0. The average Bonchev–Trinajstić information content (AvgIpc) is 3.52. The molecule has 2 atom stereocenters. The first-order valence-electron chi connectivity index (χ1n) is 12.7. The first-order valence-corrected chi connectivity index (χ1v) is 12.7. The Kier molecular flexibility index (Phi) is 6.37. The minimum atomic E-state index is -0.141. The van der Waals surface area contributed by atoms with Crippen LogP contribution in [0.1, 0.15) is 87.0 Å². The Balaban J connectivity index is 1.45. The summed E-state index contributed by atoms with van der Waals surface area (Å²) in [5.41, 5.74) is 2.82. The van der Waals surface area contributed by atoms with Crippen LogP contribution in [0, 0.1) is 5.92 Å². The summed E-state index contributed by atoms with van der Waals surface area (Å²) in [6, 6.07) is 10.6. The molecule has 1 aromatic heterocycles. The Morgan fingerprint density at radius 3 is 2.55 bits per heavy atom. The molecule has 3 aliphatic rings. The standard InChI is InChI=1S/C27H36N4O2/c1-18(2)30-16-14-21-22(17-30)28-25(29-26(21)32)23-13-8-15-31(23)27(33)24(20-11-6-7-12-20)19-9-4-3-5-10-19/h3-5,9-10,18,20,23-24H,6-8,11-17H2,1-2H3,(H,28,29,32)/t23-,24-/m0/s1. The number of aromatic nitrogens is 2. The normalized spacial score (nSPS) is 22.6. The fourth-order valence-electron chi connectivity index (χ4n) is 6.14. The fourth-order valence-corrected chi connectivity index (χ4v) is 6.14. The Hall–Kier alpha value is -2.47. The van der Waals surface area contributed by atoms with Crippen LogP contribution in [0.2, 0.25) is 0 Å². The Bertz CT molecular complexity index is 1040. The lowest BCUT2D eigenvalue weighted by molar-refractivity contribution is -0.135. The summed E-state index contributed by atoms with van der Waals surface area (Å²) in [4.78, 5) is 39.4. The van der Waals surface area contributed by atoms with Gasteiger partial charge in [0.05, 0.1) is 17.7 Å². The maximum Gasteiger partial charge on any atom is 0.254 e. The molecule has 2 fully saturated rings. The van der Waals surface area contributed by atoms with Gasteiger partial charge in [0.2, 0.25) is 5.91 Å². The molecule has 1 saturated carbocycles. The van der Waals surface area contributed by atoms with Crippen molar-refractivity contribution in [2.45, 2.75) is 83.3 Å². The van der Waals surface area contributed by atoms with Crippen molar-refractivity contribution in [3.8, 4) is 0 Å². The van der Waals surface area contributed by atoms with E-state index < -0.39 is 0 Å². The molecule has 0 bridgehead atoms. The molecule has 0 radical (unpaired) electrons. The molecule has 2 aliphatic heterocycles. The molecule has 6 nitrogen and oxygen atoms in total. The molecule has 6 heteroatoms.